The molecule has 3 heteroatoms. The Hall–Kier alpha value is -1.61. The Balaban J connectivity index is 2.37. The summed E-state index contributed by atoms with van der Waals surface area (Å²) in [5.41, 5.74) is 7.92. The topological polar surface area (TPSA) is 43.8 Å². The van der Waals surface area contributed by atoms with Crippen LogP contribution in [0.25, 0.3) is 11.4 Å². The molecule has 0 radical (unpaired) electrons. The van der Waals surface area contributed by atoms with Crippen molar-refractivity contribution in [2.24, 2.45) is 5.73 Å². The van der Waals surface area contributed by atoms with Gasteiger partial charge in [0.1, 0.15) is 5.82 Å². The molecule has 1 aromatic heterocycles. The Bertz CT molecular complexity index is 460. The molecular formula is C13H17N3. The van der Waals surface area contributed by atoms with E-state index in [-0.39, 0.29) is 0 Å². The average Bonchev–Trinajstić information content (AvgIpc) is 2.78. The molecule has 0 amide bonds. The molecule has 0 spiro atoms. The highest BCUT2D eigenvalue weighted by Crippen LogP contribution is 2.18. The number of aromatic nitrogens is 2. The second kappa shape index (κ2) is 4.94. The number of hydrogen-bond acceptors (Lipinski definition) is 2. The van der Waals surface area contributed by atoms with Crippen LogP contribution < -0.4 is 5.73 Å². The van der Waals surface area contributed by atoms with E-state index in [1.807, 2.05) is 24.5 Å². The number of imidazole rings is 1. The summed E-state index contributed by atoms with van der Waals surface area (Å²) in [5, 5.41) is 0. The first-order valence-corrected chi connectivity index (χ1v) is 5.65. The van der Waals surface area contributed by atoms with Crippen molar-refractivity contribution in [2.75, 3.05) is 0 Å². The number of nitrogens with two attached hydrogens (primary N) is 1. The van der Waals surface area contributed by atoms with E-state index in [2.05, 4.69) is 28.6 Å². The fourth-order valence-corrected chi connectivity index (χ4v) is 1.83. The Morgan fingerprint density at radius 1 is 1.38 bits per heavy atom. The third-order valence-corrected chi connectivity index (χ3v) is 2.60. The first kappa shape index (κ1) is 10.9. The van der Waals surface area contributed by atoms with E-state index in [1.54, 1.807) is 0 Å². The molecule has 2 rings (SSSR count). The van der Waals surface area contributed by atoms with Gasteiger partial charge >= 0.3 is 0 Å². The maximum atomic E-state index is 5.64. The van der Waals surface area contributed by atoms with Crippen LogP contribution in [-0.2, 0) is 13.1 Å². The highest BCUT2D eigenvalue weighted by molar-refractivity contribution is 5.56. The van der Waals surface area contributed by atoms with Crippen LogP contribution in [0.4, 0.5) is 0 Å². The molecule has 0 saturated heterocycles. The number of nitrogens with zero attached hydrogens (tertiary/aromatic N) is 2. The zero-order valence-corrected chi connectivity index (χ0v) is 9.56. The van der Waals surface area contributed by atoms with Gasteiger partial charge < -0.3 is 10.3 Å². The van der Waals surface area contributed by atoms with E-state index in [1.165, 1.54) is 0 Å². The van der Waals surface area contributed by atoms with Crippen molar-refractivity contribution in [1.29, 1.82) is 0 Å². The maximum absolute atomic E-state index is 5.64. The SMILES string of the molecule is CCCn1ccnc1-c1cccc(CN)c1. The molecule has 0 aliphatic carbocycles. The van der Waals surface area contributed by atoms with E-state index in [0.717, 1.165) is 29.9 Å². The van der Waals surface area contributed by atoms with E-state index in [9.17, 15) is 0 Å². The Morgan fingerprint density at radius 2 is 2.25 bits per heavy atom. The van der Waals surface area contributed by atoms with Crippen molar-refractivity contribution in [3.05, 3.63) is 42.2 Å². The number of aryl methyl sites for hydroxylation is 1. The summed E-state index contributed by atoms with van der Waals surface area (Å²) in [7, 11) is 0. The molecular weight excluding hydrogens is 198 g/mol. The van der Waals surface area contributed by atoms with E-state index in [4.69, 9.17) is 5.73 Å². The quantitative estimate of drug-likeness (QED) is 0.851. The van der Waals surface area contributed by atoms with Crippen molar-refractivity contribution in [3.8, 4) is 11.4 Å². The van der Waals surface area contributed by atoms with Crippen LogP contribution in [0.1, 0.15) is 18.9 Å². The monoisotopic (exact) mass is 215 g/mol. The smallest absolute Gasteiger partial charge is 0.139 e. The minimum Gasteiger partial charge on any atom is -0.331 e. The fraction of sp³-hybridized carbons (Fsp3) is 0.308. The van der Waals surface area contributed by atoms with Gasteiger partial charge in [-0.25, -0.2) is 4.98 Å². The van der Waals surface area contributed by atoms with Gasteiger partial charge in [0.25, 0.3) is 0 Å². The molecule has 0 atom stereocenters. The van der Waals surface area contributed by atoms with Gasteiger partial charge in [-0.2, -0.15) is 0 Å². The fourth-order valence-electron chi connectivity index (χ4n) is 1.83. The van der Waals surface area contributed by atoms with Crippen LogP contribution in [0.5, 0.6) is 0 Å². The first-order valence-electron chi connectivity index (χ1n) is 5.65. The highest BCUT2D eigenvalue weighted by atomic mass is 15.1. The summed E-state index contributed by atoms with van der Waals surface area (Å²) in [6.07, 6.45) is 4.98. The molecule has 2 aromatic rings. The lowest BCUT2D eigenvalue weighted by Gasteiger charge is -2.07. The highest BCUT2D eigenvalue weighted by Gasteiger charge is 2.05. The van der Waals surface area contributed by atoms with Gasteiger partial charge in [-0.15, -0.1) is 0 Å². The summed E-state index contributed by atoms with van der Waals surface area (Å²) in [6.45, 7) is 3.74. The lowest BCUT2D eigenvalue weighted by atomic mass is 10.1. The Labute approximate surface area is 95.9 Å². The minimum atomic E-state index is 0.572. The van der Waals surface area contributed by atoms with Gasteiger partial charge in [-0.05, 0) is 18.1 Å². The molecule has 0 saturated carbocycles. The average molecular weight is 215 g/mol. The standard InChI is InChI=1S/C13H17N3/c1-2-7-16-8-6-15-13(16)12-5-3-4-11(9-12)10-14/h3-6,8-9H,2,7,10,14H2,1H3. The first-order chi connectivity index (χ1) is 7.85. The van der Waals surface area contributed by atoms with Crippen LogP contribution >= 0.6 is 0 Å². The zero-order valence-electron chi connectivity index (χ0n) is 9.56. The summed E-state index contributed by atoms with van der Waals surface area (Å²) in [5.74, 6) is 1.03. The molecule has 0 bridgehead atoms. The van der Waals surface area contributed by atoms with Gasteiger partial charge in [0.15, 0.2) is 0 Å². The molecule has 1 aromatic carbocycles. The number of hydrogen-bond donors (Lipinski definition) is 1. The molecule has 84 valence electrons. The molecule has 3 nitrogen and oxygen atoms in total. The number of benzene rings is 1. The van der Waals surface area contributed by atoms with E-state index < -0.39 is 0 Å². The summed E-state index contributed by atoms with van der Waals surface area (Å²) in [6, 6.07) is 8.25. The predicted octanol–water partition coefficient (Wildman–Crippen LogP) is 2.42. The summed E-state index contributed by atoms with van der Waals surface area (Å²) >= 11 is 0. The second-order valence-corrected chi connectivity index (χ2v) is 3.85. The molecule has 0 unspecified atom stereocenters. The molecule has 0 aliphatic heterocycles. The van der Waals surface area contributed by atoms with Gasteiger partial charge in [0.2, 0.25) is 0 Å². The van der Waals surface area contributed by atoms with Gasteiger partial charge in [-0.1, -0.05) is 25.1 Å². The molecule has 1 heterocycles. The normalized spacial score (nSPS) is 10.6. The van der Waals surface area contributed by atoms with Crippen molar-refractivity contribution in [1.82, 2.24) is 9.55 Å². The molecule has 0 aliphatic rings. The Morgan fingerprint density at radius 3 is 3.00 bits per heavy atom. The van der Waals surface area contributed by atoms with Crippen molar-refractivity contribution in [3.63, 3.8) is 0 Å². The lowest BCUT2D eigenvalue weighted by molar-refractivity contribution is 0.685. The van der Waals surface area contributed by atoms with Crippen molar-refractivity contribution < 1.29 is 0 Å². The predicted molar refractivity (Wildman–Crippen MR) is 65.8 cm³/mol. The Kier molecular flexibility index (Phi) is 3.37. The minimum absolute atomic E-state index is 0.572. The maximum Gasteiger partial charge on any atom is 0.139 e. The van der Waals surface area contributed by atoms with E-state index in [0.29, 0.717) is 6.54 Å². The van der Waals surface area contributed by atoms with Crippen LogP contribution in [0, 0.1) is 0 Å². The van der Waals surface area contributed by atoms with Crippen molar-refractivity contribution >= 4 is 0 Å². The summed E-state index contributed by atoms with van der Waals surface area (Å²) in [4.78, 5) is 4.40. The van der Waals surface area contributed by atoms with Crippen LogP contribution in [0.15, 0.2) is 36.7 Å². The van der Waals surface area contributed by atoms with Crippen molar-refractivity contribution in [2.45, 2.75) is 26.4 Å². The largest absolute Gasteiger partial charge is 0.331 e. The van der Waals surface area contributed by atoms with Crippen LogP contribution in [-0.4, -0.2) is 9.55 Å². The zero-order chi connectivity index (χ0) is 11.4. The molecule has 2 N–H and O–H groups in total. The number of rotatable bonds is 4. The third kappa shape index (κ3) is 2.14. The van der Waals surface area contributed by atoms with E-state index >= 15 is 0 Å². The second-order valence-electron chi connectivity index (χ2n) is 3.85. The van der Waals surface area contributed by atoms with Gasteiger partial charge in [-0.3, -0.25) is 0 Å². The van der Waals surface area contributed by atoms with Crippen LogP contribution in [0.2, 0.25) is 0 Å². The van der Waals surface area contributed by atoms with Gasteiger partial charge in [0, 0.05) is 31.0 Å². The molecule has 16 heavy (non-hydrogen) atoms. The third-order valence-electron chi connectivity index (χ3n) is 2.60. The lowest BCUT2D eigenvalue weighted by Crippen LogP contribution is -2.00. The summed E-state index contributed by atoms with van der Waals surface area (Å²) < 4.78 is 2.18. The molecule has 0 fully saturated rings. The van der Waals surface area contributed by atoms with Gasteiger partial charge in [0.05, 0.1) is 0 Å². The van der Waals surface area contributed by atoms with Crippen LogP contribution in [0.3, 0.4) is 0 Å².